The lowest BCUT2D eigenvalue weighted by molar-refractivity contribution is -0.128. The Bertz CT molecular complexity index is 806. The van der Waals surface area contributed by atoms with Gasteiger partial charge in [0.2, 0.25) is 5.91 Å². The summed E-state index contributed by atoms with van der Waals surface area (Å²) in [5.41, 5.74) is 1.74. The number of anilines is 2. The molecule has 0 saturated heterocycles. The summed E-state index contributed by atoms with van der Waals surface area (Å²) >= 11 is 0. The molecule has 0 radical (unpaired) electrons. The lowest BCUT2D eigenvalue weighted by Crippen LogP contribution is -2.33. The Morgan fingerprint density at radius 1 is 0.926 bits per heavy atom. The molecule has 0 heterocycles. The van der Waals surface area contributed by atoms with Gasteiger partial charge < -0.3 is 20.4 Å². The molecule has 2 rings (SSSR count). The van der Waals surface area contributed by atoms with Crippen molar-refractivity contribution in [3.05, 3.63) is 60.2 Å². The lowest BCUT2D eigenvalue weighted by Gasteiger charge is -2.18. The van der Waals surface area contributed by atoms with Gasteiger partial charge in [-0.25, -0.2) is 4.79 Å². The third-order valence-corrected chi connectivity index (χ3v) is 3.94. The zero-order valence-electron chi connectivity index (χ0n) is 15.7. The number of nitrogens with zero attached hydrogens (tertiary/aromatic N) is 2. The topological polar surface area (TPSA) is 81.8 Å². The van der Waals surface area contributed by atoms with E-state index in [9.17, 15) is 14.4 Å². The van der Waals surface area contributed by atoms with Gasteiger partial charge in [0.1, 0.15) is 0 Å². The molecule has 0 aliphatic carbocycles. The number of hydrogen-bond acceptors (Lipinski definition) is 3. The molecule has 4 amide bonds. The minimum Gasteiger partial charge on any atom is -0.349 e. The van der Waals surface area contributed by atoms with Crippen molar-refractivity contribution in [3.8, 4) is 0 Å². The third-order valence-electron chi connectivity index (χ3n) is 3.94. The maximum atomic E-state index is 12.6. The molecule has 0 aromatic heterocycles. The molecule has 0 spiro atoms. The van der Waals surface area contributed by atoms with Crippen molar-refractivity contribution in [2.45, 2.75) is 6.42 Å². The van der Waals surface area contributed by atoms with Crippen LogP contribution in [-0.4, -0.2) is 50.4 Å². The number of rotatable bonds is 6. The van der Waals surface area contributed by atoms with E-state index < -0.39 is 6.03 Å². The van der Waals surface area contributed by atoms with Gasteiger partial charge in [-0.3, -0.25) is 9.59 Å². The van der Waals surface area contributed by atoms with Crippen LogP contribution in [-0.2, 0) is 4.79 Å². The summed E-state index contributed by atoms with van der Waals surface area (Å²) in [6.07, 6.45) is 0.223. The molecule has 142 valence electrons. The van der Waals surface area contributed by atoms with Crippen LogP contribution in [0.1, 0.15) is 16.8 Å². The molecule has 2 aromatic carbocycles. The van der Waals surface area contributed by atoms with E-state index in [0.717, 1.165) is 5.69 Å². The van der Waals surface area contributed by atoms with E-state index in [4.69, 9.17) is 0 Å². The molecule has 0 atom stereocenters. The fourth-order valence-electron chi connectivity index (χ4n) is 2.37. The van der Waals surface area contributed by atoms with E-state index in [0.29, 0.717) is 11.3 Å². The number of para-hydroxylation sites is 1. The molecule has 0 fully saturated rings. The molecule has 0 bridgehead atoms. The highest BCUT2D eigenvalue weighted by Crippen LogP contribution is 2.17. The number of amides is 4. The average Bonchev–Trinajstić information content (AvgIpc) is 2.67. The van der Waals surface area contributed by atoms with Crippen LogP contribution in [0, 0.1) is 0 Å². The van der Waals surface area contributed by atoms with Crippen LogP contribution < -0.4 is 15.5 Å². The van der Waals surface area contributed by atoms with Gasteiger partial charge in [0.05, 0.1) is 0 Å². The largest absolute Gasteiger partial charge is 0.349 e. The quantitative estimate of drug-likeness (QED) is 0.822. The van der Waals surface area contributed by atoms with E-state index in [-0.39, 0.29) is 24.8 Å². The van der Waals surface area contributed by atoms with E-state index in [1.54, 1.807) is 50.3 Å². The fourth-order valence-corrected chi connectivity index (χ4v) is 2.37. The molecule has 0 unspecified atom stereocenters. The number of urea groups is 1. The first kappa shape index (κ1) is 20.0. The molecular weight excluding hydrogens is 344 g/mol. The molecule has 0 aliphatic heterocycles. The van der Waals surface area contributed by atoms with Gasteiger partial charge in [-0.15, -0.1) is 0 Å². The van der Waals surface area contributed by atoms with Crippen molar-refractivity contribution >= 4 is 29.2 Å². The van der Waals surface area contributed by atoms with E-state index in [1.807, 2.05) is 30.3 Å². The second-order valence-corrected chi connectivity index (χ2v) is 6.20. The van der Waals surface area contributed by atoms with Gasteiger partial charge in [0.25, 0.3) is 5.91 Å². The van der Waals surface area contributed by atoms with Crippen LogP contribution in [0.4, 0.5) is 16.2 Å². The minimum atomic E-state index is -0.428. The van der Waals surface area contributed by atoms with Gasteiger partial charge in [0, 0.05) is 51.0 Å². The monoisotopic (exact) mass is 368 g/mol. The number of benzene rings is 2. The van der Waals surface area contributed by atoms with Crippen molar-refractivity contribution < 1.29 is 14.4 Å². The predicted octanol–water partition coefficient (Wildman–Crippen LogP) is 2.56. The summed E-state index contributed by atoms with van der Waals surface area (Å²) in [5, 5.41) is 5.29. The highest BCUT2D eigenvalue weighted by atomic mass is 16.2. The highest BCUT2D eigenvalue weighted by molar-refractivity contribution is 6.06. The van der Waals surface area contributed by atoms with Crippen LogP contribution in [0.15, 0.2) is 54.6 Å². The lowest BCUT2D eigenvalue weighted by atomic mass is 10.1. The number of carbonyl (C=O) groups excluding carboxylic acids is 3. The van der Waals surface area contributed by atoms with Crippen molar-refractivity contribution in [1.82, 2.24) is 10.2 Å². The zero-order valence-corrected chi connectivity index (χ0v) is 15.7. The van der Waals surface area contributed by atoms with E-state index >= 15 is 0 Å². The normalized spacial score (nSPS) is 10.0. The number of hydrogen-bond donors (Lipinski definition) is 2. The van der Waals surface area contributed by atoms with Crippen molar-refractivity contribution in [2.24, 2.45) is 0 Å². The summed E-state index contributed by atoms with van der Waals surface area (Å²) in [6, 6.07) is 15.6. The maximum Gasteiger partial charge on any atom is 0.319 e. The summed E-state index contributed by atoms with van der Waals surface area (Å²) in [5.74, 6) is -0.242. The number of carbonyl (C=O) groups is 3. The second kappa shape index (κ2) is 9.38. The molecule has 2 N–H and O–H groups in total. The Morgan fingerprint density at radius 2 is 1.63 bits per heavy atom. The zero-order chi connectivity index (χ0) is 19.8. The summed E-state index contributed by atoms with van der Waals surface area (Å²) < 4.78 is 0. The Labute approximate surface area is 159 Å². The van der Waals surface area contributed by atoms with Gasteiger partial charge in [-0.2, -0.15) is 0 Å². The number of nitrogens with one attached hydrogen (secondary N) is 2. The van der Waals surface area contributed by atoms with Crippen LogP contribution >= 0.6 is 0 Å². The predicted molar refractivity (Wildman–Crippen MR) is 106 cm³/mol. The van der Waals surface area contributed by atoms with Crippen LogP contribution in [0.3, 0.4) is 0 Å². The maximum absolute atomic E-state index is 12.6. The van der Waals surface area contributed by atoms with Crippen LogP contribution in [0.5, 0.6) is 0 Å². The first-order chi connectivity index (χ1) is 12.9. The fraction of sp³-hybridized carbons (Fsp3) is 0.250. The van der Waals surface area contributed by atoms with Crippen molar-refractivity contribution in [2.75, 3.05) is 37.9 Å². The average molecular weight is 368 g/mol. The molecule has 27 heavy (non-hydrogen) atoms. The van der Waals surface area contributed by atoms with Crippen LogP contribution in [0.2, 0.25) is 0 Å². The van der Waals surface area contributed by atoms with Gasteiger partial charge in [-0.05, 0) is 30.3 Å². The Balaban J connectivity index is 1.95. The first-order valence-corrected chi connectivity index (χ1v) is 8.56. The molecule has 2 aromatic rings. The molecule has 7 nitrogen and oxygen atoms in total. The van der Waals surface area contributed by atoms with Crippen molar-refractivity contribution in [3.63, 3.8) is 0 Å². The molecular formula is C20H24N4O3. The Hall–Kier alpha value is -3.35. The van der Waals surface area contributed by atoms with E-state index in [2.05, 4.69) is 10.6 Å². The summed E-state index contributed by atoms with van der Waals surface area (Å²) in [6.45, 7) is 0.234. The Kier molecular flexibility index (Phi) is 6.93. The van der Waals surface area contributed by atoms with Crippen molar-refractivity contribution in [1.29, 1.82) is 0 Å². The molecule has 0 aliphatic rings. The summed E-state index contributed by atoms with van der Waals surface area (Å²) in [4.78, 5) is 39.1. The summed E-state index contributed by atoms with van der Waals surface area (Å²) in [7, 11) is 5.03. The van der Waals surface area contributed by atoms with Gasteiger partial charge >= 0.3 is 6.03 Å². The van der Waals surface area contributed by atoms with Crippen LogP contribution in [0.25, 0.3) is 0 Å². The standard InChI is InChI=1S/C20H24N4O3/c1-23(2)18(25)12-13-21-20(27)22-16-9-7-8-15(14-16)19(26)24(3)17-10-5-4-6-11-17/h4-11,14H,12-13H2,1-3H3,(H2,21,22,27). The van der Waals surface area contributed by atoms with Gasteiger partial charge in [0.15, 0.2) is 0 Å². The van der Waals surface area contributed by atoms with E-state index in [1.165, 1.54) is 4.90 Å². The molecule has 0 saturated carbocycles. The Morgan fingerprint density at radius 3 is 2.30 bits per heavy atom. The smallest absolute Gasteiger partial charge is 0.319 e. The minimum absolute atomic E-state index is 0.0631. The van der Waals surface area contributed by atoms with Gasteiger partial charge in [-0.1, -0.05) is 24.3 Å². The SMILES string of the molecule is CN(C)C(=O)CCNC(=O)Nc1cccc(C(=O)N(C)c2ccccc2)c1. The second-order valence-electron chi connectivity index (χ2n) is 6.20. The molecule has 7 heteroatoms. The third kappa shape index (κ3) is 5.85. The first-order valence-electron chi connectivity index (χ1n) is 8.56. The highest BCUT2D eigenvalue weighted by Gasteiger charge is 2.14.